The van der Waals surface area contributed by atoms with E-state index in [-0.39, 0.29) is 5.71 Å². The highest BCUT2D eigenvalue weighted by Gasteiger charge is 2.82. The van der Waals surface area contributed by atoms with Crippen LogP contribution in [0.15, 0.2) is 5.16 Å². The SMILES string of the molecule is CC1=NOC(O)(C(F)(F)C(F)(F)C(F)(F)F)C1. The lowest BCUT2D eigenvalue weighted by Crippen LogP contribution is -2.64. The first-order valence-electron chi connectivity index (χ1n) is 4.11. The Hall–Kier alpha value is -1.06. The van der Waals surface area contributed by atoms with Gasteiger partial charge in [-0.05, 0) is 6.92 Å². The number of oxime groups is 1. The first kappa shape index (κ1) is 14.0. The van der Waals surface area contributed by atoms with E-state index in [0.29, 0.717) is 0 Å². The quantitative estimate of drug-likeness (QED) is 0.781. The van der Waals surface area contributed by atoms with E-state index in [1.807, 2.05) is 0 Å². The van der Waals surface area contributed by atoms with Gasteiger partial charge in [0.1, 0.15) is 0 Å². The van der Waals surface area contributed by atoms with Crippen LogP contribution in [-0.2, 0) is 4.84 Å². The first-order chi connectivity index (χ1) is 7.35. The predicted molar refractivity (Wildman–Crippen MR) is 39.7 cm³/mol. The number of nitrogens with zero attached hydrogens (tertiary/aromatic N) is 1. The standard InChI is InChI=1S/C7H6F7NO2/c1-3-2-4(16,17-15-3)5(8,9)6(10,11)7(12,13)14/h16H,2H2,1H3. The summed E-state index contributed by atoms with van der Waals surface area (Å²) in [6.07, 6.45) is -7.77. The zero-order valence-electron chi connectivity index (χ0n) is 8.16. The van der Waals surface area contributed by atoms with Gasteiger partial charge in [-0.2, -0.15) is 30.7 Å². The van der Waals surface area contributed by atoms with E-state index in [1.54, 1.807) is 0 Å². The molecule has 0 fully saturated rings. The maximum Gasteiger partial charge on any atom is 0.460 e. The van der Waals surface area contributed by atoms with Gasteiger partial charge < -0.3 is 9.94 Å². The lowest BCUT2D eigenvalue weighted by atomic mass is 9.97. The largest absolute Gasteiger partial charge is 0.460 e. The van der Waals surface area contributed by atoms with Gasteiger partial charge >= 0.3 is 23.8 Å². The summed E-state index contributed by atoms with van der Waals surface area (Å²) < 4.78 is 86.7. The molecular weight excluding hydrogens is 263 g/mol. The molecule has 0 radical (unpaired) electrons. The van der Waals surface area contributed by atoms with E-state index in [0.717, 1.165) is 6.92 Å². The molecule has 0 spiro atoms. The fourth-order valence-electron chi connectivity index (χ4n) is 1.16. The summed E-state index contributed by atoms with van der Waals surface area (Å²) in [5.74, 6) is -16.3. The van der Waals surface area contributed by atoms with Gasteiger partial charge in [0.2, 0.25) is 0 Å². The maximum absolute atomic E-state index is 13.0. The third-order valence-electron chi connectivity index (χ3n) is 2.09. The highest BCUT2D eigenvalue weighted by Crippen LogP contribution is 2.53. The maximum atomic E-state index is 13.0. The molecular formula is C7H6F7NO2. The molecule has 17 heavy (non-hydrogen) atoms. The van der Waals surface area contributed by atoms with Crippen LogP contribution >= 0.6 is 0 Å². The number of aliphatic hydroxyl groups is 1. The predicted octanol–water partition coefficient (Wildman–Crippen LogP) is 2.30. The average molecular weight is 269 g/mol. The minimum Gasteiger partial charge on any atom is -0.353 e. The number of hydrogen-bond donors (Lipinski definition) is 1. The van der Waals surface area contributed by atoms with E-state index < -0.39 is 30.2 Å². The minimum absolute atomic E-state index is 0.329. The third kappa shape index (κ3) is 1.83. The zero-order chi connectivity index (χ0) is 13.7. The minimum atomic E-state index is -6.52. The molecule has 0 saturated heterocycles. The summed E-state index contributed by atoms with van der Waals surface area (Å²) in [7, 11) is 0. The highest BCUT2D eigenvalue weighted by molar-refractivity contribution is 5.83. The molecule has 3 nitrogen and oxygen atoms in total. The van der Waals surface area contributed by atoms with Crippen molar-refractivity contribution in [3.05, 3.63) is 0 Å². The van der Waals surface area contributed by atoms with Gasteiger partial charge in [0.25, 0.3) is 0 Å². The molecule has 0 aliphatic carbocycles. The van der Waals surface area contributed by atoms with Crippen molar-refractivity contribution in [3.63, 3.8) is 0 Å². The highest BCUT2D eigenvalue weighted by atomic mass is 19.4. The van der Waals surface area contributed by atoms with E-state index in [2.05, 4.69) is 9.99 Å². The van der Waals surface area contributed by atoms with Gasteiger partial charge in [0.15, 0.2) is 0 Å². The van der Waals surface area contributed by atoms with Crippen LogP contribution in [0.2, 0.25) is 0 Å². The Labute approximate surface area is 89.8 Å². The summed E-state index contributed by atoms with van der Waals surface area (Å²) >= 11 is 0. The lowest BCUT2D eigenvalue weighted by molar-refractivity contribution is -0.424. The van der Waals surface area contributed by atoms with Crippen molar-refractivity contribution < 1.29 is 40.7 Å². The molecule has 1 aliphatic heterocycles. The summed E-state index contributed by atoms with van der Waals surface area (Å²) in [5.41, 5.74) is -0.329. The Balaban J connectivity index is 3.12. The van der Waals surface area contributed by atoms with Crippen molar-refractivity contribution in [1.82, 2.24) is 0 Å². The Morgan fingerprint density at radius 3 is 1.94 bits per heavy atom. The molecule has 1 N–H and O–H groups in total. The number of halogens is 7. The van der Waals surface area contributed by atoms with Crippen LogP contribution < -0.4 is 0 Å². The Kier molecular flexibility index (Phi) is 2.86. The van der Waals surface area contributed by atoms with Crippen LogP contribution in [0, 0.1) is 0 Å². The van der Waals surface area contributed by atoms with Gasteiger partial charge in [-0.1, -0.05) is 5.16 Å². The molecule has 1 aliphatic rings. The van der Waals surface area contributed by atoms with Crippen molar-refractivity contribution in [3.8, 4) is 0 Å². The molecule has 10 heteroatoms. The normalized spacial score (nSPS) is 26.8. The Morgan fingerprint density at radius 1 is 1.18 bits per heavy atom. The molecule has 0 amide bonds. The van der Waals surface area contributed by atoms with Crippen LogP contribution in [0.4, 0.5) is 30.7 Å². The number of alkyl halides is 7. The van der Waals surface area contributed by atoms with Gasteiger partial charge in [-0.3, -0.25) is 0 Å². The fourth-order valence-corrected chi connectivity index (χ4v) is 1.16. The van der Waals surface area contributed by atoms with Crippen LogP contribution in [0.5, 0.6) is 0 Å². The lowest BCUT2D eigenvalue weighted by Gasteiger charge is -2.35. The second-order valence-electron chi connectivity index (χ2n) is 3.53. The van der Waals surface area contributed by atoms with Crippen molar-refractivity contribution in [1.29, 1.82) is 0 Å². The van der Waals surface area contributed by atoms with Crippen molar-refractivity contribution >= 4 is 5.71 Å². The van der Waals surface area contributed by atoms with Gasteiger partial charge in [-0.15, -0.1) is 0 Å². The topological polar surface area (TPSA) is 41.8 Å². The second-order valence-corrected chi connectivity index (χ2v) is 3.53. The van der Waals surface area contributed by atoms with Gasteiger partial charge in [0.05, 0.1) is 12.1 Å². The average Bonchev–Trinajstić information content (AvgIpc) is 2.45. The van der Waals surface area contributed by atoms with Crippen LogP contribution in [-0.4, -0.2) is 34.6 Å². The molecule has 1 heterocycles. The van der Waals surface area contributed by atoms with Crippen molar-refractivity contribution in [2.75, 3.05) is 0 Å². The molecule has 100 valence electrons. The molecule has 0 aromatic rings. The smallest absolute Gasteiger partial charge is 0.353 e. The van der Waals surface area contributed by atoms with E-state index in [1.165, 1.54) is 0 Å². The summed E-state index contributed by atoms with van der Waals surface area (Å²) in [5, 5.41) is 11.8. The molecule has 0 bridgehead atoms. The molecule has 1 atom stereocenters. The van der Waals surface area contributed by atoms with E-state index in [4.69, 9.17) is 5.11 Å². The number of hydrogen-bond acceptors (Lipinski definition) is 3. The molecule has 0 saturated carbocycles. The van der Waals surface area contributed by atoms with E-state index in [9.17, 15) is 30.7 Å². The van der Waals surface area contributed by atoms with Crippen LogP contribution in [0.1, 0.15) is 13.3 Å². The zero-order valence-corrected chi connectivity index (χ0v) is 8.16. The first-order valence-corrected chi connectivity index (χ1v) is 4.11. The molecule has 0 aromatic carbocycles. The summed E-state index contributed by atoms with van der Waals surface area (Å²) in [6, 6.07) is 0. The van der Waals surface area contributed by atoms with E-state index >= 15 is 0 Å². The molecule has 0 aromatic heterocycles. The monoisotopic (exact) mass is 269 g/mol. The van der Waals surface area contributed by atoms with Crippen molar-refractivity contribution in [2.45, 2.75) is 37.2 Å². The Morgan fingerprint density at radius 2 is 1.65 bits per heavy atom. The summed E-state index contributed by atoms with van der Waals surface area (Å²) in [6.45, 7) is 1.03. The summed E-state index contributed by atoms with van der Waals surface area (Å²) in [4.78, 5) is 3.61. The van der Waals surface area contributed by atoms with Gasteiger partial charge in [-0.25, -0.2) is 0 Å². The third-order valence-corrected chi connectivity index (χ3v) is 2.09. The number of rotatable bonds is 2. The van der Waals surface area contributed by atoms with Crippen molar-refractivity contribution in [2.24, 2.45) is 5.16 Å². The van der Waals surface area contributed by atoms with Crippen LogP contribution in [0.3, 0.4) is 0 Å². The Bertz CT molecular complexity index is 351. The fraction of sp³-hybridized carbons (Fsp3) is 0.857. The molecule has 1 rings (SSSR count). The van der Waals surface area contributed by atoms with Crippen LogP contribution in [0.25, 0.3) is 0 Å². The second kappa shape index (κ2) is 3.47. The molecule has 1 unspecified atom stereocenters. The van der Waals surface area contributed by atoms with Gasteiger partial charge in [0, 0.05) is 0 Å².